The first kappa shape index (κ1) is 16.5. The van der Waals surface area contributed by atoms with Gasteiger partial charge in [0.1, 0.15) is 5.75 Å². The number of nitrogens with zero attached hydrogens (tertiary/aromatic N) is 2. The van der Waals surface area contributed by atoms with Gasteiger partial charge >= 0.3 is 0 Å². The third-order valence-electron chi connectivity index (χ3n) is 5.05. The number of hydrogen-bond acceptors (Lipinski definition) is 3. The number of aliphatic imine (C=N–C) groups is 2. The van der Waals surface area contributed by atoms with E-state index in [2.05, 4.69) is 12.1 Å². The number of fused-ring (bicyclic) bond motifs is 2. The smallest absolute Gasteiger partial charge is 0.132 e. The zero-order valence-corrected chi connectivity index (χ0v) is 15.2. The van der Waals surface area contributed by atoms with Crippen molar-refractivity contribution in [2.24, 2.45) is 9.98 Å². The Morgan fingerprint density at radius 3 is 2.04 bits per heavy atom. The average Bonchev–Trinajstić information content (AvgIpc) is 2.94. The largest absolute Gasteiger partial charge is 0.507 e. The van der Waals surface area contributed by atoms with Crippen LogP contribution < -0.4 is 0 Å². The van der Waals surface area contributed by atoms with Crippen LogP contribution in [0, 0.1) is 0 Å². The number of benzene rings is 4. The van der Waals surface area contributed by atoms with Gasteiger partial charge in [0.15, 0.2) is 0 Å². The van der Waals surface area contributed by atoms with Gasteiger partial charge in [0.25, 0.3) is 0 Å². The summed E-state index contributed by atoms with van der Waals surface area (Å²) in [5, 5.41) is 12.8. The first-order chi connectivity index (χ1) is 13.8. The quantitative estimate of drug-likeness (QED) is 0.454. The Balaban J connectivity index is 1.71. The fraction of sp³-hybridized carbons (Fsp3) is 0.0400. The van der Waals surface area contributed by atoms with Gasteiger partial charge in [-0.2, -0.15) is 0 Å². The standard InChI is InChI=1S/C25H18N2O/c28-25-19-11-5-4-8-17(19)14-15-20(25)24-16-23(18-9-2-1-3-10-18)26-21-12-6-7-13-22(21)27-24/h1-15,28H,16H2. The molecule has 0 radical (unpaired) electrons. The lowest BCUT2D eigenvalue weighted by Gasteiger charge is -2.11. The second-order valence-corrected chi connectivity index (χ2v) is 6.83. The molecule has 0 aliphatic carbocycles. The molecular weight excluding hydrogens is 344 g/mol. The molecule has 1 N–H and O–H groups in total. The molecule has 1 aliphatic heterocycles. The normalized spacial score (nSPS) is 13.4. The molecule has 0 fully saturated rings. The number of hydrogen-bond donors (Lipinski definition) is 1. The number of phenols is 1. The summed E-state index contributed by atoms with van der Waals surface area (Å²) < 4.78 is 0. The molecule has 1 aliphatic rings. The molecule has 4 aromatic carbocycles. The van der Waals surface area contributed by atoms with E-state index in [1.54, 1.807) is 0 Å². The third kappa shape index (κ3) is 2.87. The lowest BCUT2D eigenvalue weighted by molar-refractivity contribution is 0.480. The highest BCUT2D eigenvalue weighted by molar-refractivity contribution is 6.22. The molecule has 134 valence electrons. The first-order valence-electron chi connectivity index (χ1n) is 9.30. The monoisotopic (exact) mass is 362 g/mol. The zero-order valence-electron chi connectivity index (χ0n) is 15.2. The number of phenolic OH excluding ortho intramolecular Hbond substituents is 1. The van der Waals surface area contributed by atoms with Gasteiger partial charge in [-0.1, -0.05) is 72.8 Å². The van der Waals surface area contributed by atoms with Gasteiger partial charge < -0.3 is 5.11 Å². The van der Waals surface area contributed by atoms with Crippen molar-refractivity contribution in [1.29, 1.82) is 0 Å². The summed E-state index contributed by atoms with van der Waals surface area (Å²) in [7, 11) is 0. The second kappa shape index (κ2) is 6.78. The molecule has 0 saturated carbocycles. The summed E-state index contributed by atoms with van der Waals surface area (Å²) in [6, 6.07) is 29.8. The SMILES string of the molecule is Oc1c(C2=Nc3ccccc3N=C(c3ccccc3)C2)ccc2ccccc12. The van der Waals surface area contributed by atoms with Crippen LogP contribution >= 0.6 is 0 Å². The molecule has 0 spiro atoms. The van der Waals surface area contributed by atoms with E-state index in [1.807, 2.05) is 78.9 Å². The molecule has 0 amide bonds. The van der Waals surface area contributed by atoms with Crippen LogP contribution in [0.2, 0.25) is 0 Å². The van der Waals surface area contributed by atoms with E-state index < -0.39 is 0 Å². The molecule has 3 nitrogen and oxygen atoms in total. The topological polar surface area (TPSA) is 45.0 Å². The van der Waals surface area contributed by atoms with Crippen LogP contribution in [0.25, 0.3) is 10.8 Å². The highest BCUT2D eigenvalue weighted by atomic mass is 16.3. The van der Waals surface area contributed by atoms with E-state index in [0.29, 0.717) is 6.42 Å². The van der Waals surface area contributed by atoms with E-state index in [9.17, 15) is 5.11 Å². The minimum Gasteiger partial charge on any atom is -0.507 e. The van der Waals surface area contributed by atoms with Crippen LogP contribution in [-0.4, -0.2) is 16.5 Å². The lowest BCUT2D eigenvalue weighted by Crippen LogP contribution is -2.10. The molecule has 3 heteroatoms. The van der Waals surface area contributed by atoms with E-state index >= 15 is 0 Å². The van der Waals surface area contributed by atoms with Crippen molar-refractivity contribution < 1.29 is 5.11 Å². The van der Waals surface area contributed by atoms with Gasteiger partial charge in [-0.05, 0) is 29.1 Å². The number of rotatable bonds is 2. The van der Waals surface area contributed by atoms with Gasteiger partial charge in [-0.3, -0.25) is 9.98 Å². The maximum Gasteiger partial charge on any atom is 0.132 e. The van der Waals surface area contributed by atoms with Gasteiger partial charge in [0.05, 0.1) is 22.8 Å². The Morgan fingerprint density at radius 1 is 0.607 bits per heavy atom. The molecule has 0 unspecified atom stereocenters. The third-order valence-corrected chi connectivity index (χ3v) is 5.05. The summed E-state index contributed by atoms with van der Waals surface area (Å²) in [6.45, 7) is 0. The fourth-order valence-electron chi connectivity index (χ4n) is 3.62. The molecule has 0 atom stereocenters. The van der Waals surface area contributed by atoms with Crippen LogP contribution in [0.4, 0.5) is 11.4 Å². The summed E-state index contributed by atoms with van der Waals surface area (Å²) in [5.74, 6) is 0.267. The Hall–Kier alpha value is -3.72. The average molecular weight is 362 g/mol. The van der Waals surface area contributed by atoms with Crippen molar-refractivity contribution >= 4 is 33.6 Å². The second-order valence-electron chi connectivity index (χ2n) is 6.83. The van der Waals surface area contributed by atoms with Gasteiger partial charge in [0.2, 0.25) is 0 Å². The highest BCUT2D eigenvalue weighted by Crippen LogP contribution is 2.36. The Bertz CT molecular complexity index is 1240. The molecule has 1 heterocycles. The van der Waals surface area contributed by atoms with Crippen LogP contribution in [0.1, 0.15) is 17.5 Å². The summed E-state index contributed by atoms with van der Waals surface area (Å²) >= 11 is 0. The van der Waals surface area contributed by atoms with Crippen molar-refractivity contribution in [2.75, 3.05) is 0 Å². The number of para-hydroxylation sites is 2. The maximum atomic E-state index is 11.0. The predicted octanol–water partition coefficient (Wildman–Crippen LogP) is 6.19. The lowest BCUT2D eigenvalue weighted by atomic mass is 9.97. The van der Waals surface area contributed by atoms with Crippen molar-refractivity contribution in [1.82, 2.24) is 0 Å². The first-order valence-corrected chi connectivity index (χ1v) is 9.30. The minimum atomic E-state index is 0.267. The van der Waals surface area contributed by atoms with E-state index in [0.717, 1.165) is 44.7 Å². The van der Waals surface area contributed by atoms with Gasteiger partial charge in [-0.15, -0.1) is 0 Å². The molecule has 28 heavy (non-hydrogen) atoms. The molecule has 4 aromatic rings. The molecule has 0 saturated heterocycles. The van der Waals surface area contributed by atoms with E-state index in [4.69, 9.17) is 9.98 Å². The number of aromatic hydroxyl groups is 1. The maximum absolute atomic E-state index is 11.0. The van der Waals surface area contributed by atoms with Crippen molar-refractivity contribution in [3.8, 4) is 5.75 Å². The van der Waals surface area contributed by atoms with Crippen LogP contribution in [0.15, 0.2) is 101 Å². The molecular formula is C25H18N2O. The Morgan fingerprint density at radius 2 is 1.25 bits per heavy atom. The summed E-state index contributed by atoms with van der Waals surface area (Å²) in [6.07, 6.45) is 0.546. The van der Waals surface area contributed by atoms with Gasteiger partial charge in [0, 0.05) is 17.4 Å². The van der Waals surface area contributed by atoms with E-state index in [1.165, 1.54) is 0 Å². The van der Waals surface area contributed by atoms with Crippen molar-refractivity contribution in [2.45, 2.75) is 6.42 Å². The van der Waals surface area contributed by atoms with Gasteiger partial charge in [-0.25, -0.2) is 0 Å². The van der Waals surface area contributed by atoms with E-state index in [-0.39, 0.29) is 5.75 Å². The minimum absolute atomic E-state index is 0.267. The summed E-state index contributed by atoms with van der Waals surface area (Å²) in [4.78, 5) is 9.79. The summed E-state index contributed by atoms with van der Waals surface area (Å²) in [5.41, 5.74) is 5.23. The van der Waals surface area contributed by atoms with Crippen molar-refractivity contribution in [3.63, 3.8) is 0 Å². The molecule has 5 rings (SSSR count). The Labute approximate surface area is 163 Å². The van der Waals surface area contributed by atoms with Crippen molar-refractivity contribution in [3.05, 3.63) is 102 Å². The highest BCUT2D eigenvalue weighted by Gasteiger charge is 2.19. The van der Waals surface area contributed by atoms with Crippen LogP contribution in [0.5, 0.6) is 5.75 Å². The fourth-order valence-corrected chi connectivity index (χ4v) is 3.62. The zero-order chi connectivity index (χ0) is 18.9. The van der Waals surface area contributed by atoms with Crippen LogP contribution in [0.3, 0.4) is 0 Å². The Kier molecular flexibility index (Phi) is 3.99. The molecule has 0 aromatic heterocycles. The predicted molar refractivity (Wildman–Crippen MR) is 116 cm³/mol. The van der Waals surface area contributed by atoms with Crippen LogP contribution in [-0.2, 0) is 0 Å². The molecule has 0 bridgehead atoms.